The number of aromatic carboxylic acids is 1. The molecule has 0 spiro atoms. The summed E-state index contributed by atoms with van der Waals surface area (Å²) in [5, 5.41) is 18.0. The molecule has 0 aliphatic rings. The molecule has 0 saturated heterocycles. The summed E-state index contributed by atoms with van der Waals surface area (Å²) in [6.07, 6.45) is 0.889. The molecule has 0 fully saturated rings. The molecular weight excluding hydrogens is 218 g/mol. The Hall–Kier alpha value is -1.39. The van der Waals surface area contributed by atoms with E-state index in [0.717, 1.165) is 12.0 Å². The van der Waals surface area contributed by atoms with Gasteiger partial charge in [0.2, 0.25) is 0 Å². The van der Waals surface area contributed by atoms with Gasteiger partial charge in [-0.25, -0.2) is 4.79 Å². The van der Waals surface area contributed by atoms with E-state index in [-0.39, 0.29) is 12.6 Å². The van der Waals surface area contributed by atoms with Crippen molar-refractivity contribution >= 4 is 5.97 Å². The van der Waals surface area contributed by atoms with Gasteiger partial charge in [0.05, 0.1) is 12.2 Å². The van der Waals surface area contributed by atoms with E-state index in [0.29, 0.717) is 12.1 Å². The minimum Gasteiger partial charge on any atom is -0.478 e. The lowest BCUT2D eigenvalue weighted by Crippen LogP contribution is -2.33. The number of hydrogen-bond donors (Lipinski definition) is 2. The number of nitrogens with zero attached hydrogens (tertiary/aromatic N) is 1. The summed E-state index contributed by atoms with van der Waals surface area (Å²) in [6, 6.07) is 6.97. The number of carboxylic acids is 1. The Morgan fingerprint density at radius 2 is 1.94 bits per heavy atom. The van der Waals surface area contributed by atoms with E-state index in [4.69, 9.17) is 5.11 Å². The zero-order valence-electron chi connectivity index (χ0n) is 10.3. The van der Waals surface area contributed by atoms with Crippen molar-refractivity contribution in [1.82, 2.24) is 4.90 Å². The highest BCUT2D eigenvalue weighted by atomic mass is 16.4. The van der Waals surface area contributed by atoms with Gasteiger partial charge in [0.25, 0.3) is 0 Å². The van der Waals surface area contributed by atoms with Crippen molar-refractivity contribution in [2.24, 2.45) is 0 Å². The molecule has 17 heavy (non-hydrogen) atoms. The molecule has 0 amide bonds. The fourth-order valence-electron chi connectivity index (χ4n) is 1.75. The predicted octanol–water partition coefficient (Wildman–Crippen LogP) is 1.59. The van der Waals surface area contributed by atoms with Crippen LogP contribution in [0.25, 0.3) is 0 Å². The van der Waals surface area contributed by atoms with E-state index in [1.165, 1.54) is 0 Å². The number of carbonyl (C=O) groups is 1. The summed E-state index contributed by atoms with van der Waals surface area (Å²) >= 11 is 0. The van der Waals surface area contributed by atoms with Crippen LogP contribution in [0.1, 0.15) is 29.3 Å². The average molecular weight is 237 g/mol. The van der Waals surface area contributed by atoms with Crippen LogP contribution in [-0.4, -0.2) is 40.8 Å². The van der Waals surface area contributed by atoms with Gasteiger partial charge in [-0.1, -0.05) is 19.1 Å². The SMILES string of the molecule is CCC(CO)N(C)Cc1ccc(C(=O)O)cc1. The Morgan fingerprint density at radius 3 is 2.35 bits per heavy atom. The highest BCUT2D eigenvalue weighted by Gasteiger charge is 2.11. The largest absolute Gasteiger partial charge is 0.478 e. The highest BCUT2D eigenvalue weighted by Crippen LogP contribution is 2.10. The van der Waals surface area contributed by atoms with E-state index in [9.17, 15) is 9.90 Å². The summed E-state index contributed by atoms with van der Waals surface area (Å²) in [5.41, 5.74) is 1.34. The third-order valence-corrected chi connectivity index (χ3v) is 2.94. The minimum absolute atomic E-state index is 0.139. The lowest BCUT2D eigenvalue weighted by Gasteiger charge is -2.25. The Morgan fingerprint density at radius 1 is 1.35 bits per heavy atom. The lowest BCUT2D eigenvalue weighted by atomic mass is 10.1. The van der Waals surface area contributed by atoms with Crippen LogP contribution in [0.15, 0.2) is 24.3 Å². The van der Waals surface area contributed by atoms with Crippen LogP contribution >= 0.6 is 0 Å². The fourth-order valence-corrected chi connectivity index (χ4v) is 1.75. The maximum atomic E-state index is 10.7. The maximum Gasteiger partial charge on any atom is 0.335 e. The van der Waals surface area contributed by atoms with Crippen molar-refractivity contribution in [3.05, 3.63) is 35.4 Å². The fraction of sp³-hybridized carbons (Fsp3) is 0.462. The third-order valence-electron chi connectivity index (χ3n) is 2.94. The number of likely N-dealkylation sites (N-methyl/N-ethyl adjacent to an activating group) is 1. The van der Waals surface area contributed by atoms with Crippen LogP contribution in [0.3, 0.4) is 0 Å². The predicted molar refractivity (Wildman–Crippen MR) is 66.0 cm³/mol. The number of benzene rings is 1. The van der Waals surface area contributed by atoms with Crippen LogP contribution in [-0.2, 0) is 6.54 Å². The van der Waals surface area contributed by atoms with Gasteiger partial charge in [-0.05, 0) is 31.2 Å². The molecule has 1 aromatic rings. The van der Waals surface area contributed by atoms with Gasteiger partial charge in [0.1, 0.15) is 0 Å². The zero-order valence-corrected chi connectivity index (χ0v) is 10.3. The Kier molecular flexibility index (Phi) is 5.12. The van der Waals surface area contributed by atoms with E-state index in [1.54, 1.807) is 12.1 Å². The summed E-state index contributed by atoms with van der Waals surface area (Å²) in [6.45, 7) is 2.88. The molecule has 2 N–H and O–H groups in total. The molecule has 0 aliphatic carbocycles. The molecule has 0 bridgehead atoms. The molecule has 1 atom stereocenters. The van der Waals surface area contributed by atoms with Crippen molar-refractivity contribution < 1.29 is 15.0 Å². The molecule has 0 aromatic heterocycles. The molecule has 0 saturated carbocycles. The monoisotopic (exact) mass is 237 g/mol. The van der Waals surface area contributed by atoms with E-state index >= 15 is 0 Å². The first kappa shape index (κ1) is 13.7. The first-order valence-corrected chi connectivity index (χ1v) is 5.71. The molecule has 4 nitrogen and oxygen atoms in total. The first-order chi connectivity index (χ1) is 8.08. The second kappa shape index (κ2) is 6.37. The van der Waals surface area contributed by atoms with Crippen LogP contribution in [0, 0.1) is 0 Å². The van der Waals surface area contributed by atoms with Gasteiger partial charge in [-0.15, -0.1) is 0 Å². The maximum absolute atomic E-state index is 10.7. The van der Waals surface area contributed by atoms with E-state index in [2.05, 4.69) is 4.90 Å². The molecular formula is C13H19NO3. The van der Waals surface area contributed by atoms with E-state index < -0.39 is 5.97 Å². The lowest BCUT2D eigenvalue weighted by molar-refractivity contribution is 0.0697. The Bertz CT molecular complexity index is 357. The number of aliphatic hydroxyl groups is 1. The van der Waals surface area contributed by atoms with Crippen molar-refractivity contribution in [3.63, 3.8) is 0 Å². The summed E-state index contributed by atoms with van der Waals surface area (Å²) in [7, 11) is 1.95. The van der Waals surface area contributed by atoms with Gasteiger partial charge in [-0.2, -0.15) is 0 Å². The van der Waals surface area contributed by atoms with Crippen LogP contribution < -0.4 is 0 Å². The van der Waals surface area contributed by atoms with Crippen molar-refractivity contribution in [2.45, 2.75) is 25.9 Å². The second-order valence-electron chi connectivity index (χ2n) is 4.16. The third kappa shape index (κ3) is 3.84. The molecule has 0 heterocycles. The highest BCUT2D eigenvalue weighted by molar-refractivity contribution is 5.87. The van der Waals surface area contributed by atoms with Crippen molar-refractivity contribution in [2.75, 3.05) is 13.7 Å². The molecule has 1 rings (SSSR count). The smallest absolute Gasteiger partial charge is 0.335 e. The normalized spacial score (nSPS) is 12.7. The minimum atomic E-state index is -0.910. The van der Waals surface area contributed by atoms with Gasteiger partial charge in [0.15, 0.2) is 0 Å². The van der Waals surface area contributed by atoms with Crippen molar-refractivity contribution in [3.8, 4) is 0 Å². The molecule has 1 aromatic carbocycles. The molecule has 0 aliphatic heterocycles. The first-order valence-electron chi connectivity index (χ1n) is 5.71. The van der Waals surface area contributed by atoms with Gasteiger partial charge in [-0.3, -0.25) is 4.90 Å². The quantitative estimate of drug-likeness (QED) is 0.788. The molecule has 0 radical (unpaired) electrons. The van der Waals surface area contributed by atoms with Crippen molar-refractivity contribution in [1.29, 1.82) is 0 Å². The van der Waals surface area contributed by atoms with Gasteiger partial charge >= 0.3 is 5.97 Å². The number of carboxylic acid groups (broad SMARTS) is 1. The molecule has 1 unspecified atom stereocenters. The number of rotatable bonds is 6. The second-order valence-corrected chi connectivity index (χ2v) is 4.16. The summed E-state index contributed by atoms with van der Waals surface area (Å²) in [5.74, 6) is -0.910. The Labute approximate surface area is 101 Å². The Balaban J connectivity index is 2.65. The standard InChI is InChI=1S/C13H19NO3/c1-3-12(9-15)14(2)8-10-4-6-11(7-5-10)13(16)17/h4-7,12,15H,3,8-9H2,1-2H3,(H,16,17). The van der Waals surface area contributed by atoms with Crippen LogP contribution in [0.4, 0.5) is 0 Å². The average Bonchev–Trinajstić information content (AvgIpc) is 2.31. The molecule has 4 heteroatoms. The van der Waals surface area contributed by atoms with Gasteiger partial charge < -0.3 is 10.2 Å². The van der Waals surface area contributed by atoms with Crippen LogP contribution in [0.2, 0.25) is 0 Å². The zero-order chi connectivity index (χ0) is 12.8. The molecule has 94 valence electrons. The topological polar surface area (TPSA) is 60.8 Å². The van der Waals surface area contributed by atoms with Gasteiger partial charge in [0, 0.05) is 12.6 Å². The van der Waals surface area contributed by atoms with E-state index in [1.807, 2.05) is 26.1 Å². The summed E-state index contributed by atoms with van der Waals surface area (Å²) in [4.78, 5) is 12.8. The number of hydrogen-bond acceptors (Lipinski definition) is 3. The number of aliphatic hydroxyl groups excluding tert-OH is 1. The van der Waals surface area contributed by atoms with Crippen LogP contribution in [0.5, 0.6) is 0 Å². The summed E-state index contributed by atoms with van der Waals surface area (Å²) < 4.78 is 0.